The lowest BCUT2D eigenvalue weighted by Crippen LogP contribution is -2.30. The molecule has 0 amide bonds. The second-order valence-corrected chi connectivity index (χ2v) is 4.75. The van der Waals surface area contributed by atoms with Crippen molar-refractivity contribution in [2.75, 3.05) is 13.1 Å². The molecule has 1 aliphatic heterocycles. The maximum absolute atomic E-state index is 12.9. The third kappa shape index (κ3) is 4.29. The van der Waals surface area contributed by atoms with Crippen molar-refractivity contribution in [3.8, 4) is 0 Å². The van der Waals surface area contributed by atoms with E-state index < -0.39 is 12.1 Å². The van der Waals surface area contributed by atoms with Crippen LogP contribution in [0.4, 0.5) is 4.39 Å². The standard InChI is InChI=1S/C14H18FNO3/c15-11-3-1-2-10(8-11)6-7-16-9-12-4-5-13(19-12)14(17)18/h1-3,8,12-13,16H,4-7,9H2,(H,17,18). The molecule has 0 spiro atoms. The Morgan fingerprint density at radius 2 is 2.32 bits per heavy atom. The van der Waals surface area contributed by atoms with E-state index in [1.807, 2.05) is 6.07 Å². The summed E-state index contributed by atoms with van der Waals surface area (Å²) in [5.74, 6) is -1.11. The molecule has 2 rings (SSSR count). The number of benzene rings is 1. The molecule has 19 heavy (non-hydrogen) atoms. The predicted octanol–water partition coefficient (Wildman–Crippen LogP) is 1.59. The molecule has 2 N–H and O–H groups in total. The van der Waals surface area contributed by atoms with Crippen molar-refractivity contribution in [2.24, 2.45) is 0 Å². The molecule has 0 aliphatic carbocycles. The van der Waals surface area contributed by atoms with Gasteiger partial charge < -0.3 is 15.2 Å². The minimum Gasteiger partial charge on any atom is -0.479 e. The summed E-state index contributed by atoms with van der Waals surface area (Å²) in [7, 11) is 0. The van der Waals surface area contributed by atoms with Crippen molar-refractivity contribution in [3.63, 3.8) is 0 Å². The average molecular weight is 267 g/mol. The monoisotopic (exact) mass is 267 g/mol. The van der Waals surface area contributed by atoms with Gasteiger partial charge in [0.15, 0.2) is 6.10 Å². The fourth-order valence-corrected chi connectivity index (χ4v) is 2.23. The van der Waals surface area contributed by atoms with Crippen LogP contribution in [0.25, 0.3) is 0 Å². The summed E-state index contributed by atoms with van der Waals surface area (Å²) in [5, 5.41) is 12.0. The Balaban J connectivity index is 1.64. The average Bonchev–Trinajstić information content (AvgIpc) is 2.84. The Labute approximate surface area is 111 Å². The molecule has 1 heterocycles. The van der Waals surface area contributed by atoms with E-state index in [2.05, 4.69) is 5.32 Å². The molecule has 1 saturated heterocycles. The maximum atomic E-state index is 12.9. The van der Waals surface area contributed by atoms with Gasteiger partial charge in [0.05, 0.1) is 6.10 Å². The summed E-state index contributed by atoms with van der Waals surface area (Å²) in [4.78, 5) is 10.7. The van der Waals surface area contributed by atoms with E-state index in [1.54, 1.807) is 6.07 Å². The Morgan fingerprint density at radius 3 is 3.00 bits per heavy atom. The number of nitrogens with one attached hydrogen (secondary N) is 1. The van der Waals surface area contributed by atoms with Crippen molar-refractivity contribution in [1.29, 1.82) is 0 Å². The van der Waals surface area contributed by atoms with Crippen molar-refractivity contribution >= 4 is 5.97 Å². The van der Waals surface area contributed by atoms with Crippen molar-refractivity contribution in [3.05, 3.63) is 35.6 Å². The molecule has 2 unspecified atom stereocenters. The number of rotatable bonds is 6. The number of hydrogen-bond acceptors (Lipinski definition) is 3. The first kappa shape index (κ1) is 14.0. The van der Waals surface area contributed by atoms with Gasteiger partial charge in [0.25, 0.3) is 0 Å². The highest BCUT2D eigenvalue weighted by atomic mass is 19.1. The van der Waals surface area contributed by atoms with E-state index in [0.717, 1.165) is 24.9 Å². The van der Waals surface area contributed by atoms with Gasteiger partial charge >= 0.3 is 5.97 Å². The zero-order valence-electron chi connectivity index (χ0n) is 10.6. The molecular weight excluding hydrogens is 249 g/mol. The molecule has 0 bridgehead atoms. The fraction of sp³-hybridized carbons (Fsp3) is 0.500. The first-order valence-electron chi connectivity index (χ1n) is 6.48. The fourth-order valence-electron chi connectivity index (χ4n) is 2.23. The Kier molecular flexibility index (Phi) is 4.87. The minimum absolute atomic E-state index is 0.0337. The van der Waals surface area contributed by atoms with E-state index in [9.17, 15) is 9.18 Å². The van der Waals surface area contributed by atoms with Crippen molar-refractivity contribution in [1.82, 2.24) is 5.32 Å². The molecule has 1 fully saturated rings. The first-order chi connectivity index (χ1) is 9.15. The maximum Gasteiger partial charge on any atom is 0.332 e. The van der Waals surface area contributed by atoms with Crippen LogP contribution < -0.4 is 5.32 Å². The summed E-state index contributed by atoms with van der Waals surface area (Å²) >= 11 is 0. The van der Waals surface area contributed by atoms with E-state index in [0.29, 0.717) is 13.0 Å². The zero-order valence-corrected chi connectivity index (χ0v) is 10.6. The molecule has 2 atom stereocenters. The highest BCUT2D eigenvalue weighted by Crippen LogP contribution is 2.19. The van der Waals surface area contributed by atoms with Crippen LogP contribution in [0, 0.1) is 5.82 Å². The van der Waals surface area contributed by atoms with Gasteiger partial charge in [0, 0.05) is 6.54 Å². The number of carboxylic acid groups (broad SMARTS) is 1. The molecule has 1 aromatic rings. The summed E-state index contributed by atoms with van der Waals surface area (Å²) < 4.78 is 18.3. The molecule has 5 heteroatoms. The summed E-state index contributed by atoms with van der Waals surface area (Å²) in [6.07, 6.45) is 1.39. The SMILES string of the molecule is O=C(O)C1CCC(CNCCc2cccc(F)c2)O1. The second kappa shape index (κ2) is 6.63. The van der Waals surface area contributed by atoms with Gasteiger partial charge in [-0.15, -0.1) is 0 Å². The van der Waals surface area contributed by atoms with Gasteiger partial charge in [-0.05, 0) is 43.5 Å². The van der Waals surface area contributed by atoms with Gasteiger partial charge in [-0.1, -0.05) is 12.1 Å². The smallest absolute Gasteiger partial charge is 0.332 e. The topological polar surface area (TPSA) is 58.6 Å². The predicted molar refractivity (Wildman–Crippen MR) is 68.5 cm³/mol. The Hall–Kier alpha value is -1.46. The van der Waals surface area contributed by atoms with Crippen molar-refractivity contribution < 1.29 is 19.0 Å². The summed E-state index contributed by atoms with van der Waals surface area (Å²) in [6.45, 7) is 1.36. The highest BCUT2D eigenvalue weighted by molar-refractivity contribution is 5.72. The zero-order chi connectivity index (χ0) is 13.7. The molecule has 0 radical (unpaired) electrons. The lowest BCUT2D eigenvalue weighted by atomic mass is 10.1. The van der Waals surface area contributed by atoms with Crippen LogP contribution in [-0.4, -0.2) is 36.4 Å². The molecule has 1 aliphatic rings. The minimum atomic E-state index is -0.887. The molecule has 4 nitrogen and oxygen atoms in total. The third-order valence-electron chi connectivity index (χ3n) is 3.23. The van der Waals surface area contributed by atoms with Gasteiger partial charge in [-0.2, -0.15) is 0 Å². The van der Waals surface area contributed by atoms with E-state index in [-0.39, 0.29) is 11.9 Å². The van der Waals surface area contributed by atoms with Gasteiger partial charge in [0.2, 0.25) is 0 Å². The van der Waals surface area contributed by atoms with Gasteiger partial charge in [-0.3, -0.25) is 0 Å². The van der Waals surface area contributed by atoms with Crippen LogP contribution in [-0.2, 0) is 16.0 Å². The lowest BCUT2D eigenvalue weighted by molar-refractivity contribution is -0.149. The van der Waals surface area contributed by atoms with Gasteiger partial charge in [-0.25, -0.2) is 9.18 Å². The lowest BCUT2D eigenvalue weighted by Gasteiger charge is -2.12. The van der Waals surface area contributed by atoms with Crippen molar-refractivity contribution in [2.45, 2.75) is 31.5 Å². The summed E-state index contributed by atoms with van der Waals surface area (Å²) in [6, 6.07) is 6.53. The van der Waals surface area contributed by atoms with Crippen LogP contribution >= 0.6 is 0 Å². The van der Waals surface area contributed by atoms with E-state index >= 15 is 0 Å². The number of halogens is 1. The number of aliphatic carboxylic acids is 1. The third-order valence-corrected chi connectivity index (χ3v) is 3.23. The van der Waals surface area contributed by atoms with Gasteiger partial charge in [0.1, 0.15) is 5.82 Å². The first-order valence-corrected chi connectivity index (χ1v) is 6.48. The van der Waals surface area contributed by atoms with Crippen LogP contribution in [0.3, 0.4) is 0 Å². The van der Waals surface area contributed by atoms with E-state index in [1.165, 1.54) is 12.1 Å². The normalized spacial score (nSPS) is 22.6. The number of hydrogen-bond donors (Lipinski definition) is 2. The largest absolute Gasteiger partial charge is 0.479 e. The Bertz CT molecular complexity index is 438. The number of ether oxygens (including phenoxy) is 1. The van der Waals surface area contributed by atoms with E-state index in [4.69, 9.17) is 9.84 Å². The molecule has 104 valence electrons. The van der Waals surface area contributed by atoms with Crippen LogP contribution in [0.2, 0.25) is 0 Å². The van der Waals surface area contributed by atoms with Crippen LogP contribution in [0.15, 0.2) is 24.3 Å². The summed E-state index contributed by atoms with van der Waals surface area (Å²) in [5.41, 5.74) is 0.947. The highest BCUT2D eigenvalue weighted by Gasteiger charge is 2.29. The second-order valence-electron chi connectivity index (χ2n) is 4.75. The van der Waals surface area contributed by atoms with Crippen LogP contribution in [0.1, 0.15) is 18.4 Å². The molecule has 0 saturated carbocycles. The molecular formula is C14H18FNO3. The molecule has 0 aromatic heterocycles. The Morgan fingerprint density at radius 1 is 1.47 bits per heavy atom. The number of carbonyl (C=O) groups is 1. The quantitative estimate of drug-likeness (QED) is 0.768. The number of carboxylic acids is 1. The van der Waals surface area contributed by atoms with Crippen LogP contribution in [0.5, 0.6) is 0 Å². The molecule has 1 aromatic carbocycles.